The molecule has 0 bridgehead atoms. The monoisotopic (exact) mass is 255 g/mol. The van der Waals surface area contributed by atoms with Gasteiger partial charge in [0, 0.05) is 19.2 Å². The number of nitrogen functional groups attached to an aromatic ring is 1. The van der Waals surface area contributed by atoms with Crippen molar-refractivity contribution < 1.29 is 5.11 Å². The second-order valence-corrected chi connectivity index (χ2v) is 4.55. The number of aliphatic hydroxyl groups excluding tert-OH is 1. The van der Waals surface area contributed by atoms with Gasteiger partial charge in [-0.05, 0) is 31.5 Å². The normalized spacial score (nSPS) is 12.2. The molecule has 0 heterocycles. The van der Waals surface area contributed by atoms with Gasteiger partial charge in [0.25, 0.3) is 0 Å². The number of anilines is 1. The molecular formula is C12H18ClN3O. The highest BCUT2D eigenvalue weighted by Crippen LogP contribution is 2.26. The van der Waals surface area contributed by atoms with Crippen LogP contribution in [0.3, 0.4) is 0 Å². The van der Waals surface area contributed by atoms with E-state index in [9.17, 15) is 5.11 Å². The fraction of sp³-hybridized carbons (Fsp3) is 0.417. The zero-order chi connectivity index (χ0) is 13.0. The van der Waals surface area contributed by atoms with E-state index in [1.54, 1.807) is 19.1 Å². The van der Waals surface area contributed by atoms with E-state index in [1.807, 2.05) is 18.0 Å². The molecule has 0 saturated carbocycles. The maximum Gasteiger partial charge on any atom is 0.122 e. The van der Waals surface area contributed by atoms with E-state index in [2.05, 4.69) is 0 Å². The van der Waals surface area contributed by atoms with E-state index in [-0.39, 0.29) is 11.9 Å². The van der Waals surface area contributed by atoms with Crippen LogP contribution in [0.5, 0.6) is 0 Å². The maximum atomic E-state index is 9.23. The average Bonchev–Trinajstić information content (AvgIpc) is 2.25. The summed E-state index contributed by atoms with van der Waals surface area (Å²) in [5, 5.41) is 17.1. The Hall–Kier alpha value is -1.26. The Morgan fingerprint density at radius 3 is 2.71 bits per heavy atom. The highest BCUT2D eigenvalue weighted by atomic mass is 35.5. The molecule has 0 amide bonds. The zero-order valence-corrected chi connectivity index (χ0v) is 10.8. The lowest BCUT2D eigenvalue weighted by molar-refractivity contribution is 0.187. The number of aliphatic hydroxyl groups is 1. The highest BCUT2D eigenvalue weighted by molar-refractivity contribution is 6.33. The van der Waals surface area contributed by atoms with Crippen LogP contribution < -0.4 is 10.6 Å². The van der Waals surface area contributed by atoms with E-state index in [0.29, 0.717) is 17.0 Å². The van der Waals surface area contributed by atoms with Gasteiger partial charge in [0.05, 0.1) is 16.8 Å². The van der Waals surface area contributed by atoms with Crippen molar-refractivity contribution >= 4 is 23.1 Å². The average molecular weight is 256 g/mol. The first-order valence-corrected chi connectivity index (χ1v) is 5.82. The first-order valence-electron chi connectivity index (χ1n) is 5.45. The summed E-state index contributed by atoms with van der Waals surface area (Å²) in [7, 11) is 1.91. The van der Waals surface area contributed by atoms with E-state index in [0.717, 1.165) is 12.2 Å². The van der Waals surface area contributed by atoms with Crippen LogP contribution in [-0.2, 0) is 0 Å². The molecular weight excluding hydrogens is 238 g/mol. The highest BCUT2D eigenvalue weighted by Gasteiger charge is 2.08. The van der Waals surface area contributed by atoms with Crippen molar-refractivity contribution in [2.75, 3.05) is 18.5 Å². The van der Waals surface area contributed by atoms with Gasteiger partial charge < -0.3 is 15.7 Å². The lowest BCUT2D eigenvalue weighted by Gasteiger charge is -2.21. The summed E-state index contributed by atoms with van der Waals surface area (Å²) in [6, 6.07) is 5.28. The van der Waals surface area contributed by atoms with Crippen molar-refractivity contribution in [1.29, 1.82) is 5.41 Å². The van der Waals surface area contributed by atoms with Gasteiger partial charge in [-0.1, -0.05) is 11.6 Å². The number of hydrogen-bond acceptors (Lipinski definition) is 3. The molecule has 0 fully saturated rings. The van der Waals surface area contributed by atoms with Gasteiger partial charge in [-0.2, -0.15) is 0 Å². The number of amidine groups is 1. The van der Waals surface area contributed by atoms with Crippen molar-refractivity contribution in [3.05, 3.63) is 28.8 Å². The molecule has 94 valence electrons. The molecule has 17 heavy (non-hydrogen) atoms. The minimum atomic E-state index is -0.326. The third kappa shape index (κ3) is 3.91. The Bertz CT molecular complexity index is 407. The molecule has 0 spiro atoms. The standard InChI is InChI=1S/C12H18ClN3O/c1-8(17)5-6-16(2)11-4-3-9(12(14)15)7-10(11)13/h3-4,7-8,17H,5-6H2,1-2H3,(H3,14,15). The summed E-state index contributed by atoms with van der Waals surface area (Å²) < 4.78 is 0. The smallest absolute Gasteiger partial charge is 0.122 e. The molecule has 0 aliphatic heterocycles. The Morgan fingerprint density at radius 2 is 2.24 bits per heavy atom. The van der Waals surface area contributed by atoms with Crippen LogP contribution in [0.4, 0.5) is 5.69 Å². The molecule has 4 N–H and O–H groups in total. The molecule has 0 aliphatic rings. The Labute approximate surface area is 107 Å². The predicted octanol–water partition coefficient (Wildman–Crippen LogP) is 1.83. The van der Waals surface area contributed by atoms with E-state index >= 15 is 0 Å². The first-order chi connectivity index (χ1) is 7.91. The Balaban J connectivity index is 2.81. The summed E-state index contributed by atoms with van der Waals surface area (Å²) >= 11 is 6.13. The molecule has 0 aromatic heterocycles. The third-order valence-electron chi connectivity index (χ3n) is 2.55. The fourth-order valence-corrected chi connectivity index (χ4v) is 1.81. The topological polar surface area (TPSA) is 73.3 Å². The second-order valence-electron chi connectivity index (χ2n) is 4.14. The summed E-state index contributed by atoms with van der Waals surface area (Å²) in [5.74, 6) is 0.00471. The van der Waals surface area contributed by atoms with Gasteiger partial charge in [-0.15, -0.1) is 0 Å². The molecule has 1 atom stereocenters. The Morgan fingerprint density at radius 1 is 1.59 bits per heavy atom. The minimum Gasteiger partial charge on any atom is -0.393 e. The number of benzene rings is 1. The molecule has 1 rings (SSSR count). The minimum absolute atomic E-state index is 0.00471. The zero-order valence-electron chi connectivity index (χ0n) is 10.1. The summed E-state index contributed by atoms with van der Waals surface area (Å²) in [6.45, 7) is 2.48. The number of nitrogens with zero attached hydrogens (tertiary/aromatic N) is 1. The molecule has 0 aliphatic carbocycles. The van der Waals surface area contributed by atoms with Gasteiger partial charge in [0.2, 0.25) is 0 Å². The quantitative estimate of drug-likeness (QED) is 0.555. The predicted molar refractivity (Wildman–Crippen MR) is 72.0 cm³/mol. The van der Waals surface area contributed by atoms with Crippen LogP contribution in [0, 0.1) is 5.41 Å². The molecule has 1 aromatic carbocycles. The van der Waals surface area contributed by atoms with Crippen molar-refractivity contribution in [2.24, 2.45) is 5.73 Å². The molecule has 1 aromatic rings. The van der Waals surface area contributed by atoms with Crippen molar-refractivity contribution in [1.82, 2.24) is 0 Å². The van der Waals surface area contributed by atoms with Gasteiger partial charge >= 0.3 is 0 Å². The number of rotatable bonds is 5. The van der Waals surface area contributed by atoms with Gasteiger partial charge in [-0.25, -0.2) is 0 Å². The summed E-state index contributed by atoms with van der Waals surface area (Å²) in [6.07, 6.45) is 0.356. The van der Waals surface area contributed by atoms with Crippen molar-refractivity contribution in [3.8, 4) is 0 Å². The third-order valence-corrected chi connectivity index (χ3v) is 2.85. The second kappa shape index (κ2) is 5.89. The van der Waals surface area contributed by atoms with Gasteiger partial charge in [0.15, 0.2) is 0 Å². The van der Waals surface area contributed by atoms with Crippen molar-refractivity contribution in [3.63, 3.8) is 0 Å². The number of hydrogen-bond donors (Lipinski definition) is 3. The van der Waals surface area contributed by atoms with Crippen LogP contribution in [0.15, 0.2) is 18.2 Å². The lowest BCUT2D eigenvalue weighted by Crippen LogP contribution is -2.22. The van der Waals surface area contributed by atoms with E-state index in [1.165, 1.54) is 0 Å². The molecule has 0 radical (unpaired) electrons. The van der Waals surface area contributed by atoms with E-state index < -0.39 is 0 Å². The van der Waals surface area contributed by atoms with Crippen LogP contribution in [-0.4, -0.2) is 30.6 Å². The van der Waals surface area contributed by atoms with Crippen LogP contribution >= 0.6 is 11.6 Å². The number of nitrogens with two attached hydrogens (primary N) is 1. The van der Waals surface area contributed by atoms with Crippen LogP contribution in [0.1, 0.15) is 18.9 Å². The maximum absolute atomic E-state index is 9.23. The fourth-order valence-electron chi connectivity index (χ4n) is 1.48. The molecule has 0 saturated heterocycles. The molecule has 5 heteroatoms. The summed E-state index contributed by atoms with van der Waals surface area (Å²) in [5.41, 5.74) is 6.87. The van der Waals surface area contributed by atoms with Gasteiger partial charge in [0.1, 0.15) is 5.84 Å². The largest absolute Gasteiger partial charge is 0.393 e. The first kappa shape index (κ1) is 13.8. The Kier molecular flexibility index (Phi) is 4.78. The molecule has 4 nitrogen and oxygen atoms in total. The van der Waals surface area contributed by atoms with Gasteiger partial charge in [-0.3, -0.25) is 5.41 Å². The molecule has 1 unspecified atom stereocenters. The lowest BCUT2D eigenvalue weighted by atomic mass is 10.1. The SMILES string of the molecule is CC(O)CCN(C)c1ccc(C(=N)N)cc1Cl. The number of halogens is 1. The van der Waals surface area contributed by atoms with Crippen molar-refractivity contribution in [2.45, 2.75) is 19.4 Å². The van der Waals surface area contributed by atoms with Crippen LogP contribution in [0.25, 0.3) is 0 Å². The number of nitrogens with one attached hydrogen (secondary N) is 1. The van der Waals surface area contributed by atoms with Crippen LogP contribution in [0.2, 0.25) is 5.02 Å². The summed E-state index contributed by atoms with van der Waals surface area (Å²) in [4.78, 5) is 1.97. The van der Waals surface area contributed by atoms with E-state index in [4.69, 9.17) is 22.7 Å².